The van der Waals surface area contributed by atoms with Gasteiger partial charge in [0, 0.05) is 19.6 Å². The number of nitrogens with zero attached hydrogens (tertiary/aromatic N) is 3. The molecule has 0 saturated carbocycles. The Morgan fingerprint density at radius 2 is 0.821 bits per heavy atom. The second kappa shape index (κ2) is 17.5. The average Bonchev–Trinajstić information content (AvgIpc) is 2.60. The highest BCUT2D eigenvalue weighted by Gasteiger charge is 2.13. The van der Waals surface area contributed by atoms with Gasteiger partial charge in [0.2, 0.25) is 0 Å². The van der Waals surface area contributed by atoms with Crippen LogP contribution in [0.2, 0.25) is 0 Å². The first-order chi connectivity index (χ1) is 12.1. The minimum absolute atomic E-state index is 0. The topological polar surface area (TPSA) is 66.0 Å². The van der Waals surface area contributed by atoms with E-state index in [0.29, 0.717) is 19.6 Å². The molecule has 1 heterocycles. The van der Waals surface area contributed by atoms with Gasteiger partial charge in [-0.05, 0) is 19.8 Å². The van der Waals surface area contributed by atoms with Crippen LogP contribution in [0.25, 0.3) is 0 Å². The van der Waals surface area contributed by atoms with Gasteiger partial charge in [-0.3, -0.25) is 0 Å². The van der Waals surface area contributed by atoms with Crippen molar-refractivity contribution in [1.29, 1.82) is 0 Å². The Hall–Kier alpha value is -1.59. The van der Waals surface area contributed by atoms with Gasteiger partial charge in [-0.1, -0.05) is 87.5 Å². The summed E-state index contributed by atoms with van der Waals surface area (Å²) in [6, 6.07) is 0. The van der Waals surface area contributed by atoms with Gasteiger partial charge in [-0.25, -0.2) is 28.1 Å². The quantitative estimate of drug-likeness (QED) is 0.435. The average molecular weight is 402 g/mol. The van der Waals surface area contributed by atoms with E-state index in [-0.39, 0.29) is 22.3 Å². The smallest absolute Gasteiger partial charge is 0.247 e. The van der Waals surface area contributed by atoms with E-state index in [4.69, 9.17) is 0 Å². The van der Waals surface area contributed by atoms with Gasteiger partial charge in [-0.15, -0.1) is 0 Å². The monoisotopic (exact) mass is 401 g/mol. The largest absolute Gasteiger partial charge is 0.336 e. The summed E-state index contributed by atoms with van der Waals surface area (Å²) in [7, 11) is 0. The third-order valence-electron chi connectivity index (χ3n) is 4.67. The summed E-state index contributed by atoms with van der Waals surface area (Å²) in [6.45, 7) is 7.17. The zero-order valence-corrected chi connectivity index (χ0v) is 16.3. The minimum atomic E-state index is -0.463. The van der Waals surface area contributed by atoms with Gasteiger partial charge in [0.1, 0.15) is 0 Å². The number of aromatic nitrogens is 3. The van der Waals surface area contributed by atoms with E-state index >= 15 is 0 Å². The fourth-order valence-electron chi connectivity index (χ4n) is 3.08. The van der Waals surface area contributed by atoms with Gasteiger partial charge in [0.15, 0.2) is 0 Å². The molecule has 6 heteroatoms. The van der Waals surface area contributed by atoms with Gasteiger partial charge in [0.05, 0.1) is 0 Å². The van der Waals surface area contributed by atoms with E-state index in [9.17, 15) is 14.4 Å². The van der Waals surface area contributed by atoms with Gasteiger partial charge in [-0.2, -0.15) is 0 Å². The Balaban J connectivity index is -0.00000208. The lowest BCUT2D eigenvalue weighted by atomic mass is 10.1. The van der Waals surface area contributed by atoms with E-state index in [1.165, 1.54) is 26.5 Å². The first-order valence-corrected chi connectivity index (χ1v) is 10.0. The molecule has 0 bridgehead atoms. The Morgan fingerprint density at radius 1 is 0.500 bits per heavy atom. The molecule has 1 rings (SSSR count). The standard InChI is InChI=1S/C19H35N3O3.3CH4/c1-4-7-9-11-13-15-21-17(23)20(6-3)18(24)22(19(21)25)16-14-12-10-8-5-2;;;/h4-16H2,1-3H3;3*1H4. The lowest BCUT2D eigenvalue weighted by Gasteiger charge is -2.13. The molecular formula is C22H47N3O3. The first-order valence-electron chi connectivity index (χ1n) is 10.0. The normalized spacial score (nSPS) is 9.96. The highest BCUT2D eigenvalue weighted by molar-refractivity contribution is 4.79. The highest BCUT2D eigenvalue weighted by Crippen LogP contribution is 2.03. The predicted octanol–water partition coefficient (Wildman–Crippen LogP) is 5.04. The number of hydrogen-bond donors (Lipinski definition) is 0. The molecule has 168 valence electrons. The van der Waals surface area contributed by atoms with E-state index in [2.05, 4.69) is 13.8 Å². The Bertz CT molecular complexity index is 619. The van der Waals surface area contributed by atoms with Crippen LogP contribution in [0.5, 0.6) is 0 Å². The predicted molar refractivity (Wildman–Crippen MR) is 123 cm³/mol. The molecular weight excluding hydrogens is 354 g/mol. The van der Waals surface area contributed by atoms with E-state index < -0.39 is 17.1 Å². The lowest BCUT2D eigenvalue weighted by molar-refractivity contribution is 0.426. The SMILES string of the molecule is C.C.C.CCCCCCCn1c(=O)n(CC)c(=O)n(CCCCCCC)c1=O. The molecule has 1 aromatic rings. The van der Waals surface area contributed by atoms with E-state index in [0.717, 1.165) is 51.4 Å². The van der Waals surface area contributed by atoms with Crippen molar-refractivity contribution in [2.75, 3.05) is 0 Å². The summed E-state index contributed by atoms with van der Waals surface area (Å²) >= 11 is 0. The van der Waals surface area contributed by atoms with Crippen LogP contribution in [0.15, 0.2) is 14.4 Å². The van der Waals surface area contributed by atoms with Crippen molar-refractivity contribution in [3.8, 4) is 0 Å². The minimum Gasteiger partial charge on any atom is -0.247 e. The summed E-state index contributed by atoms with van der Waals surface area (Å²) in [6.07, 6.45) is 10.5. The summed E-state index contributed by atoms with van der Waals surface area (Å²) in [4.78, 5) is 37.5. The maximum Gasteiger partial charge on any atom is 0.336 e. The van der Waals surface area contributed by atoms with Crippen molar-refractivity contribution in [3.63, 3.8) is 0 Å². The second-order valence-electron chi connectivity index (χ2n) is 6.72. The molecule has 28 heavy (non-hydrogen) atoms. The van der Waals surface area contributed by atoms with Crippen LogP contribution in [-0.4, -0.2) is 13.7 Å². The van der Waals surface area contributed by atoms with Crippen molar-refractivity contribution in [2.24, 2.45) is 0 Å². The Kier molecular flexibility index (Phi) is 19.5. The molecule has 1 aromatic heterocycles. The molecule has 0 fully saturated rings. The van der Waals surface area contributed by atoms with Crippen LogP contribution < -0.4 is 17.1 Å². The van der Waals surface area contributed by atoms with Crippen molar-refractivity contribution in [2.45, 2.75) is 127 Å². The van der Waals surface area contributed by atoms with Crippen LogP contribution in [0.3, 0.4) is 0 Å². The van der Waals surface area contributed by atoms with Gasteiger partial charge < -0.3 is 0 Å². The molecule has 6 nitrogen and oxygen atoms in total. The molecule has 0 radical (unpaired) electrons. The third kappa shape index (κ3) is 9.07. The van der Waals surface area contributed by atoms with Gasteiger partial charge >= 0.3 is 17.1 Å². The zero-order valence-electron chi connectivity index (χ0n) is 16.3. The number of hydrogen-bond acceptors (Lipinski definition) is 3. The number of rotatable bonds is 13. The van der Waals surface area contributed by atoms with Gasteiger partial charge in [0.25, 0.3) is 0 Å². The van der Waals surface area contributed by atoms with Crippen molar-refractivity contribution in [3.05, 3.63) is 31.5 Å². The Morgan fingerprint density at radius 3 is 1.14 bits per heavy atom. The van der Waals surface area contributed by atoms with E-state index in [1.54, 1.807) is 6.92 Å². The first kappa shape index (κ1) is 31.1. The highest BCUT2D eigenvalue weighted by atomic mass is 16.2. The van der Waals surface area contributed by atoms with Crippen molar-refractivity contribution < 1.29 is 0 Å². The summed E-state index contributed by atoms with van der Waals surface area (Å²) < 4.78 is 3.69. The molecule has 0 amide bonds. The number of unbranched alkanes of at least 4 members (excludes halogenated alkanes) is 8. The molecule has 0 saturated heterocycles. The Labute approximate surface area is 172 Å². The fraction of sp³-hybridized carbons (Fsp3) is 0.864. The maximum absolute atomic E-state index is 12.6. The van der Waals surface area contributed by atoms with Crippen LogP contribution in [0.4, 0.5) is 0 Å². The molecule has 0 aliphatic rings. The lowest BCUT2D eigenvalue weighted by Crippen LogP contribution is -2.54. The van der Waals surface area contributed by atoms with Crippen LogP contribution in [0, 0.1) is 0 Å². The van der Waals surface area contributed by atoms with Crippen molar-refractivity contribution in [1.82, 2.24) is 13.7 Å². The maximum atomic E-state index is 12.6. The molecule has 0 aliphatic heterocycles. The fourth-order valence-corrected chi connectivity index (χ4v) is 3.08. The molecule has 0 unspecified atom stereocenters. The second-order valence-corrected chi connectivity index (χ2v) is 6.72. The molecule has 0 N–H and O–H groups in total. The van der Waals surface area contributed by atoms with Crippen LogP contribution >= 0.6 is 0 Å². The zero-order chi connectivity index (χ0) is 18.7. The van der Waals surface area contributed by atoms with Crippen LogP contribution in [-0.2, 0) is 19.6 Å². The summed E-state index contributed by atoms with van der Waals surface area (Å²) in [5.41, 5.74) is -1.36. The van der Waals surface area contributed by atoms with E-state index in [1.807, 2.05) is 0 Å². The molecule has 0 spiro atoms. The van der Waals surface area contributed by atoms with Crippen LogP contribution in [0.1, 0.15) is 107 Å². The van der Waals surface area contributed by atoms with Crippen molar-refractivity contribution >= 4 is 0 Å². The molecule has 0 aromatic carbocycles. The summed E-state index contributed by atoms with van der Waals surface area (Å²) in [5, 5.41) is 0. The summed E-state index contributed by atoms with van der Waals surface area (Å²) in [5.74, 6) is 0. The third-order valence-corrected chi connectivity index (χ3v) is 4.67. The molecule has 0 aliphatic carbocycles. The molecule has 0 atom stereocenters.